The average Bonchev–Trinajstić information content (AvgIpc) is 2.73. The molecule has 0 saturated heterocycles. The van der Waals surface area contributed by atoms with Crippen LogP contribution in [0.2, 0.25) is 0 Å². The fourth-order valence-electron chi connectivity index (χ4n) is 2.60. The van der Waals surface area contributed by atoms with E-state index in [1.54, 1.807) is 25.3 Å². The summed E-state index contributed by atoms with van der Waals surface area (Å²) < 4.78 is 5.18. The van der Waals surface area contributed by atoms with Crippen molar-refractivity contribution in [3.8, 4) is 5.75 Å². The average molecular weight is 371 g/mol. The number of rotatable bonds is 6. The van der Waals surface area contributed by atoms with Gasteiger partial charge in [-0.1, -0.05) is 48.5 Å². The molecule has 28 heavy (non-hydrogen) atoms. The van der Waals surface area contributed by atoms with E-state index in [0.29, 0.717) is 11.5 Å². The van der Waals surface area contributed by atoms with Gasteiger partial charge in [-0.25, -0.2) is 0 Å². The number of ether oxygens (including phenoxy) is 1. The number of anilines is 2. The zero-order valence-corrected chi connectivity index (χ0v) is 15.5. The molecule has 0 atom stereocenters. The lowest BCUT2D eigenvalue weighted by Crippen LogP contribution is -2.12. The molecule has 0 aromatic heterocycles. The van der Waals surface area contributed by atoms with Gasteiger partial charge in [0.15, 0.2) is 0 Å². The first kappa shape index (κ1) is 18.9. The number of benzene rings is 3. The minimum atomic E-state index is -0.238. The van der Waals surface area contributed by atoms with Gasteiger partial charge in [-0.2, -0.15) is 0 Å². The minimum absolute atomic E-state index is 0.238. The van der Waals surface area contributed by atoms with Crippen LogP contribution < -0.4 is 15.4 Å². The lowest BCUT2D eigenvalue weighted by molar-refractivity contribution is -0.111. The van der Waals surface area contributed by atoms with Crippen molar-refractivity contribution in [3.63, 3.8) is 0 Å². The molecule has 140 valence electrons. The lowest BCUT2D eigenvalue weighted by Gasteiger charge is -2.10. The third-order valence-electron chi connectivity index (χ3n) is 3.98. The molecular formula is C23H21N3O2. The molecule has 0 spiro atoms. The van der Waals surface area contributed by atoms with Crippen LogP contribution in [0.15, 0.2) is 84.9 Å². The van der Waals surface area contributed by atoms with E-state index >= 15 is 0 Å². The molecule has 3 aromatic rings. The van der Waals surface area contributed by atoms with E-state index in [2.05, 4.69) is 10.6 Å². The van der Waals surface area contributed by atoms with Gasteiger partial charge in [0.1, 0.15) is 11.6 Å². The first-order valence-electron chi connectivity index (χ1n) is 8.78. The fraction of sp³-hybridized carbons (Fsp3) is 0.0435. The van der Waals surface area contributed by atoms with Gasteiger partial charge in [0.05, 0.1) is 7.11 Å². The summed E-state index contributed by atoms with van der Waals surface area (Å²) in [5.74, 6) is 0.794. The van der Waals surface area contributed by atoms with Crippen molar-refractivity contribution in [3.05, 3.63) is 96.1 Å². The first-order chi connectivity index (χ1) is 13.6. The van der Waals surface area contributed by atoms with Crippen LogP contribution in [-0.2, 0) is 4.79 Å². The van der Waals surface area contributed by atoms with Crippen molar-refractivity contribution in [1.29, 1.82) is 5.41 Å². The molecule has 0 fully saturated rings. The van der Waals surface area contributed by atoms with E-state index in [0.717, 1.165) is 22.6 Å². The van der Waals surface area contributed by atoms with Gasteiger partial charge < -0.3 is 15.4 Å². The Bertz CT molecular complexity index is 997. The van der Waals surface area contributed by atoms with Gasteiger partial charge in [-0.15, -0.1) is 0 Å². The summed E-state index contributed by atoms with van der Waals surface area (Å²) in [6.45, 7) is 0. The smallest absolute Gasteiger partial charge is 0.248 e. The Morgan fingerprint density at radius 3 is 2.36 bits per heavy atom. The summed E-state index contributed by atoms with van der Waals surface area (Å²) in [5.41, 5.74) is 3.04. The maximum absolute atomic E-state index is 12.2. The summed E-state index contributed by atoms with van der Waals surface area (Å²) in [6, 6.07) is 24.1. The third kappa shape index (κ3) is 5.32. The Hall–Kier alpha value is -3.86. The monoisotopic (exact) mass is 371 g/mol. The topological polar surface area (TPSA) is 74.2 Å². The number of methoxy groups -OCH3 is 1. The SMILES string of the molecule is COc1cccc(/C=C/C(=O)Nc2cccc(NC(=N)c3ccccc3)c2)c1. The van der Waals surface area contributed by atoms with Crippen molar-refractivity contribution < 1.29 is 9.53 Å². The predicted octanol–water partition coefficient (Wildman–Crippen LogP) is 4.78. The van der Waals surface area contributed by atoms with Gasteiger partial charge in [-0.3, -0.25) is 10.2 Å². The molecule has 0 radical (unpaired) electrons. The largest absolute Gasteiger partial charge is 0.497 e. The lowest BCUT2D eigenvalue weighted by atomic mass is 10.2. The quantitative estimate of drug-likeness (QED) is 0.331. The van der Waals surface area contributed by atoms with Gasteiger partial charge in [0.2, 0.25) is 5.91 Å². The van der Waals surface area contributed by atoms with Gasteiger partial charge in [0.25, 0.3) is 0 Å². The summed E-state index contributed by atoms with van der Waals surface area (Å²) >= 11 is 0. The number of amidine groups is 1. The maximum Gasteiger partial charge on any atom is 0.248 e. The molecule has 1 amide bonds. The zero-order chi connectivity index (χ0) is 19.8. The van der Waals surface area contributed by atoms with Crippen LogP contribution >= 0.6 is 0 Å². The summed E-state index contributed by atoms with van der Waals surface area (Å²) in [5, 5.41) is 14.0. The van der Waals surface area contributed by atoms with Crippen molar-refractivity contribution in [2.24, 2.45) is 0 Å². The molecule has 0 unspecified atom stereocenters. The van der Waals surface area contributed by atoms with E-state index in [4.69, 9.17) is 10.1 Å². The van der Waals surface area contributed by atoms with E-state index in [9.17, 15) is 4.79 Å². The highest BCUT2D eigenvalue weighted by Gasteiger charge is 2.03. The number of carbonyl (C=O) groups is 1. The molecule has 0 bridgehead atoms. The highest BCUT2D eigenvalue weighted by molar-refractivity contribution is 6.07. The van der Waals surface area contributed by atoms with Crippen LogP contribution in [0.3, 0.4) is 0 Å². The molecule has 0 heterocycles. The zero-order valence-electron chi connectivity index (χ0n) is 15.5. The number of amides is 1. The maximum atomic E-state index is 12.2. The second-order valence-electron chi connectivity index (χ2n) is 6.05. The Morgan fingerprint density at radius 1 is 0.893 bits per heavy atom. The van der Waals surface area contributed by atoms with Crippen LogP contribution in [0, 0.1) is 5.41 Å². The van der Waals surface area contributed by atoms with E-state index < -0.39 is 0 Å². The molecule has 0 aliphatic rings. The molecule has 5 nitrogen and oxygen atoms in total. The number of hydrogen-bond donors (Lipinski definition) is 3. The van der Waals surface area contributed by atoms with Crippen LogP contribution in [0.25, 0.3) is 6.08 Å². The van der Waals surface area contributed by atoms with Gasteiger partial charge in [0, 0.05) is 23.0 Å². The standard InChI is InChI=1S/C23H21N3O2/c1-28-21-12-5-7-17(15-21)13-14-22(27)25-19-10-6-11-20(16-19)26-23(24)18-8-3-2-4-9-18/h2-16H,1H3,(H2,24,26)(H,25,27)/b14-13+. The Morgan fingerprint density at radius 2 is 1.61 bits per heavy atom. The summed E-state index contributed by atoms with van der Waals surface area (Å²) in [7, 11) is 1.61. The molecule has 5 heteroatoms. The fourth-order valence-corrected chi connectivity index (χ4v) is 2.60. The van der Waals surface area contributed by atoms with Crippen molar-refractivity contribution in [1.82, 2.24) is 0 Å². The molecule has 0 aliphatic heterocycles. The van der Waals surface area contributed by atoms with Crippen molar-refractivity contribution in [2.75, 3.05) is 17.7 Å². The van der Waals surface area contributed by atoms with Gasteiger partial charge >= 0.3 is 0 Å². The Labute approximate surface area is 164 Å². The highest BCUT2D eigenvalue weighted by Crippen LogP contribution is 2.17. The van der Waals surface area contributed by atoms with Crippen molar-refractivity contribution >= 4 is 29.2 Å². The first-order valence-corrected chi connectivity index (χ1v) is 8.78. The van der Waals surface area contributed by atoms with Crippen LogP contribution in [0.4, 0.5) is 11.4 Å². The minimum Gasteiger partial charge on any atom is -0.497 e. The second-order valence-corrected chi connectivity index (χ2v) is 6.05. The highest BCUT2D eigenvalue weighted by atomic mass is 16.5. The van der Waals surface area contributed by atoms with Crippen LogP contribution in [0.5, 0.6) is 5.75 Å². The van der Waals surface area contributed by atoms with E-state index in [1.807, 2.05) is 66.7 Å². The molecule has 0 saturated carbocycles. The summed E-state index contributed by atoms with van der Waals surface area (Å²) in [4.78, 5) is 12.2. The summed E-state index contributed by atoms with van der Waals surface area (Å²) in [6.07, 6.45) is 3.20. The Balaban J connectivity index is 1.63. The third-order valence-corrected chi connectivity index (χ3v) is 3.98. The van der Waals surface area contributed by atoms with Crippen LogP contribution in [0.1, 0.15) is 11.1 Å². The van der Waals surface area contributed by atoms with Gasteiger partial charge in [-0.05, 0) is 42.0 Å². The molecule has 3 aromatic carbocycles. The molecule has 3 N–H and O–H groups in total. The predicted molar refractivity (Wildman–Crippen MR) is 114 cm³/mol. The number of hydrogen-bond acceptors (Lipinski definition) is 3. The molecule has 0 aliphatic carbocycles. The number of carbonyl (C=O) groups excluding carboxylic acids is 1. The molecule has 3 rings (SSSR count). The Kier molecular flexibility index (Phi) is 6.21. The molecular weight excluding hydrogens is 350 g/mol. The van der Waals surface area contributed by atoms with E-state index in [1.165, 1.54) is 6.08 Å². The van der Waals surface area contributed by atoms with Crippen LogP contribution in [-0.4, -0.2) is 18.9 Å². The van der Waals surface area contributed by atoms with E-state index in [-0.39, 0.29) is 5.91 Å². The number of nitrogens with one attached hydrogen (secondary N) is 3. The second kappa shape index (κ2) is 9.19. The normalized spacial score (nSPS) is 10.5. The van der Waals surface area contributed by atoms with Crippen molar-refractivity contribution in [2.45, 2.75) is 0 Å².